The van der Waals surface area contributed by atoms with Gasteiger partial charge in [0.05, 0.1) is 18.0 Å². The van der Waals surface area contributed by atoms with Gasteiger partial charge in [0.15, 0.2) is 5.82 Å². The first kappa shape index (κ1) is 18.1. The molecule has 28 heavy (non-hydrogen) atoms. The molecule has 3 aromatic rings. The van der Waals surface area contributed by atoms with E-state index in [1.54, 1.807) is 6.07 Å². The molecule has 1 fully saturated rings. The van der Waals surface area contributed by atoms with Crippen molar-refractivity contribution in [2.75, 3.05) is 5.32 Å². The van der Waals surface area contributed by atoms with Crippen LogP contribution in [0.15, 0.2) is 35.4 Å². The van der Waals surface area contributed by atoms with Gasteiger partial charge in [-0.15, -0.1) is 0 Å². The van der Waals surface area contributed by atoms with Crippen molar-refractivity contribution in [2.24, 2.45) is 0 Å². The molecule has 3 aromatic heterocycles. The number of aromatic amines is 1. The summed E-state index contributed by atoms with van der Waals surface area (Å²) < 4.78 is 30.0. The summed E-state index contributed by atoms with van der Waals surface area (Å²) in [4.78, 5) is 18.6. The van der Waals surface area contributed by atoms with Crippen molar-refractivity contribution in [3.8, 4) is 6.07 Å². The van der Waals surface area contributed by atoms with E-state index in [-0.39, 0.29) is 17.6 Å². The van der Waals surface area contributed by atoms with E-state index in [2.05, 4.69) is 26.5 Å². The summed E-state index contributed by atoms with van der Waals surface area (Å²) in [5.74, 6) is -0.503. The smallest absolute Gasteiger partial charge is 0.261 e. The highest BCUT2D eigenvalue weighted by Crippen LogP contribution is 2.42. The number of aromatic nitrogens is 4. The summed E-state index contributed by atoms with van der Waals surface area (Å²) in [6.45, 7) is 0. The lowest BCUT2D eigenvalue weighted by atomic mass is 9.78. The zero-order chi connectivity index (χ0) is 19.7. The number of nitrogens with zero attached hydrogens (tertiary/aromatic N) is 4. The van der Waals surface area contributed by atoms with Gasteiger partial charge >= 0.3 is 0 Å². The lowest BCUT2D eigenvalue weighted by molar-refractivity contribution is 0.0612. The molecule has 0 saturated heterocycles. The summed E-state index contributed by atoms with van der Waals surface area (Å²) in [6.07, 6.45) is 3.75. The quantitative estimate of drug-likeness (QED) is 0.671. The zero-order valence-electron chi connectivity index (χ0n) is 15.0. The maximum Gasteiger partial charge on any atom is 0.261 e. The van der Waals surface area contributed by atoms with Crippen LogP contribution in [-0.2, 0) is 5.54 Å². The van der Waals surface area contributed by atoms with E-state index in [0.717, 1.165) is 12.8 Å². The number of nitrogens with one attached hydrogen (secondary N) is 2. The van der Waals surface area contributed by atoms with Crippen LogP contribution in [0.4, 0.5) is 20.3 Å². The third kappa shape index (κ3) is 2.91. The SMILES string of the molecule is N#CCC1(n2nc(Nc3ccnc(F)c3)c3c(=O)[nH]ccc32)CCCCC1F. The van der Waals surface area contributed by atoms with Crippen LogP contribution in [0.2, 0.25) is 0 Å². The predicted molar refractivity (Wildman–Crippen MR) is 99.4 cm³/mol. The average molecular weight is 384 g/mol. The fraction of sp³-hybridized carbons (Fsp3) is 0.368. The molecule has 0 spiro atoms. The number of anilines is 2. The Kier molecular flexibility index (Phi) is 4.55. The van der Waals surface area contributed by atoms with E-state index < -0.39 is 23.2 Å². The number of rotatable bonds is 4. The van der Waals surface area contributed by atoms with Gasteiger partial charge in [-0.3, -0.25) is 9.48 Å². The molecule has 1 aliphatic carbocycles. The normalized spacial score (nSPS) is 22.1. The van der Waals surface area contributed by atoms with Gasteiger partial charge in [-0.25, -0.2) is 9.37 Å². The molecule has 2 N–H and O–H groups in total. The fourth-order valence-electron chi connectivity index (χ4n) is 3.95. The van der Waals surface area contributed by atoms with Gasteiger partial charge in [0.25, 0.3) is 5.56 Å². The number of H-pyrrole nitrogens is 1. The first-order valence-electron chi connectivity index (χ1n) is 9.06. The zero-order valence-corrected chi connectivity index (χ0v) is 15.0. The number of halogens is 2. The van der Waals surface area contributed by atoms with Crippen LogP contribution in [0.25, 0.3) is 10.9 Å². The second kappa shape index (κ2) is 7.03. The third-order valence-corrected chi connectivity index (χ3v) is 5.30. The lowest BCUT2D eigenvalue weighted by Gasteiger charge is -2.39. The van der Waals surface area contributed by atoms with Crippen LogP contribution in [0, 0.1) is 17.3 Å². The van der Waals surface area contributed by atoms with E-state index in [4.69, 9.17) is 0 Å². The van der Waals surface area contributed by atoms with Gasteiger partial charge in [0, 0.05) is 24.1 Å². The van der Waals surface area contributed by atoms with Gasteiger partial charge in [-0.1, -0.05) is 12.8 Å². The molecular formula is C19H18F2N6O. The van der Waals surface area contributed by atoms with E-state index in [1.165, 1.54) is 29.2 Å². The third-order valence-electron chi connectivity index (χ3n) is 5.30. The van der Waals surface area contributed by atoms with Gasteiger partial charge < -0.3 is 10.3 Å². The highest BCUT2D eigenvalue weighted by Gasteiger charge is 2.45. The van der Waals surface area contributed by atoms with Crippen LogP contribution < -0.4 is 10.9 Å². The van der Waals surface area contributed by atoms with Crippen molar-refractivity contribution < 1.29 is 8.78 Å². The standard InChI is InChI=1S/C19H18F2N6O/c20-14-3-1-2-6-19(14,7-8-22)27-13-5-10-24-18(28)16(13)17(26-27)25-12-4-9-23-15(21)11-12/h4-5,9-11,14H,1-3,6-7H2,(H,24,28)(H,23,25,26). The van der Waals surface area contributed by atoms with Gasteiger partial charge in [-0.2, -0.15) is 14.8 Å². The summed E-state index contributed by atoms with van der Waals surface area (Å²) in [7, 11) is 0. The molecule has 7 nitrogen and oxygen atoms in total. The van der Waals surface area contributed by atoms with Crippen LogP contribution in [0.5, 0.6) is 0 Å². The molecule has 9 heteroatoms. The Morgan fingerprint density at radius 2 is 2.29 bits per heavy atom. The summed E-state index contributed by atoms with van der Waals surface area (Å²) in [5, 5.41) is 17.0. The van der Waals surface area contributed by atoms with Gasteiger partial charge in [0.2, 0.25) is 5.95 Å². The highest BCUT2D eigenvalue weighted by atomic mass is 19.1. The van der Waals surface area contributed by atoms with E-state index in [9.17, 15) is 14.4 Å². The van der Waals surface area contributed by atoms with Crippen molar-refractivity contribution in [2.45, 2.75) is 43.8 Å². The van der Waals surface area contributed by atoms with Crippen LogP contribution in [-0.4, -0.2) is 25.9 Å². The Labute approximate surface area is 159 Å². The van der Waals surface area contributed by atoms with Crippen molar-refractivity contribution in [3.05, 3.63) is 46.9 Å². The molecule has 0 bridgehead atoms. The Balaban J connectivity index is 1.91. The number of fused-ring (bicyclic) bond motifs is 1. The maximum atomic E-state index is 15.1. The van der Waals surface area contributed by atoms with Crippen LogP contribution in [0.3, 0.4) is 0 Å². The molecule has 4 rings (SSSR count). The Hall–Kier alpha value is -3.28. The van der Waals surface area contributed by atoms with Crippen molar-refractivity contribution in [1.82, 2.24) is 19.7 Å². The molecule has 1 aliphatic rings. The molecule has 2 atom stereocenters. The van der Waals surface area contributed by atoms with Crippen molar-refractivity contribution in [3.63, 3.8) is 0 Å². The number of alkyl halides is 1. The predicted octanol–water partition coefficient (Wildman–Crippen LogP) is 3.52. The summed E-state index contributed by atoms with van der Waals surface area (Å²) in [6, 6.07) is 6.44. The minimum Gasteiger partial charge on any atom is -0.338 e. The molecule has 0 radical (unpaired) electrons. The van der Waals surface area contributed by atoms with Crippen molar-refractivity contribution >= 4 is 22.4 Å². The number of pyridine rings is 2. The Morgan fingerprint density at radius 3 is 3.04 bits per heavy atom. The number of hydrogen-bond acceptors (Lipinski definition) is 5. The molecular weight excluding hydrogens is 366 g/mol. The number of hydrogen-bond donors (Lipinski definition) is 2. The molecule has 3 heterocycles. The van der Waals surface area contributed by atoms with E-state index in [0.29, 0.717) is 24.0 Å². The van der Waals surface area contributed by atoms with Crippen LogP contribution >= 0.6 is 0 Å². The Bertz CT molecular complexity index is 1120. The lowest BCUT2D eigenvalue weighted by Crippen LogP contribution is -2.45. The average Bonchev–Trinajstić information content (AvgIpc) is 3.04. The summed E-state index contributed by atoms with van der Waals surface area (Å²) in [5.41, 5.74) is -0.751. The minimum atomic E-state index is -1.26. The van der Waals surface area contributed by atoms with Crippen molar-refractivity contribution in [1.29, 1.82) is 5.26 Å². The van der Waals surface area contributed by atoms with E-state index >= 15 is 4.39 Å². The maximum absolute atomic E-state index is 15.1. The minimum absolute atomic E-state index is 0.0545. The molecule has 0 amide bonds. The topological polar surface area (TPSA) is 99.4 Å². The second-order valence-corrected chi connectivity index (χ2v) is 6.97. The molecule has 0 aromatic carbocycles. The molecule has 0 aliphatic heterocycles. The van der Waals surface area contributed by atoms with Gasteiger partial charge in [-0.05, 0) is 25.0 Å². The molecule has 2 unspecified atom stereocenters. The van der Waals surface area contributed by atoms with Gasteiger partial charge in [0.1, 0.15) is 17.1 Å². The first-order chi connectivity index (χ1) is 13.5. The largest absolute Gasteiger partial charge is 0.338 e. The molecule has 1 saturated carbocycles. The first-order valence-corrected chi connectivity index (χ1v) is 9.06. The second-order valence-electron chi connectivity index (χ2n) is 6.97. The molecule has 144 valence electrons. The monoisotopic (exact) mass is 384 g/mol. The Morgan fingerprint density at radius 1 is 1.43 bits per heavy atom. The van der Waals surface area contributed by atoms with E-state index in [1.807, 2.05) is 0 Å². The number of nitriles is 1. The highest BCUT2D eigenvalue weighted by molar-refractivity contribution is 5.91. The summed E-state index contributed by atoms with van der Waals surface area (Å²) >= 11 is 0. The van der Waals surface area contributed by atoms with Crippen LogP contribution in [0.1, 0.15) is 32.1 Å². The fourth-order valence-corrected chi connectivity index (χ4v) is 3.95.